The topological polar surface area (TPSA) is 105 Å². The number of hydrogen-bond donors (Lipinski definition) is 1. The maximum Gasteiger partial charge on any atom is 0.264 e. The SMILES string of the molecule is CC(C)NC(=O)[C@H](C)N(Cc1ccccc1F)C(=O)CN(c1ccc2c(c1)OCCO2)S(=O)(=O)c1ccccc1. The van der Waals surface area contributed by atoms with Gasteiger partial charge in [0.15, 0.2) is 11.5 Å². The number of amides is 2. The van der Waals surface area contributed by atoms with Crippen LogP contribution in [0.4, 0.5) is 10.1 Å². The van der Waals surface area contributed by atoms with Gasteiger partial charge in [0.2, 0.25) is 11.8 Å². The second-order valence-electron chi connectivity index (χ2n) is 9.61. The lowest BCUT2D eigenvalue weighted by Crippen LogP contribution is -2.52. The molecule has 40 heavy (non-hydrogen) atoms. The van der Waals surface area contributed by atoms with Gasteiger partial charge in [-0.1, -0.05) is 36.4 Å². The van der Waals surface area contributed by atoms with Gasteiger partial charge < -0.3 is 19.7 Å². The Kier molecular flexibility index (Phi) is 8.93. The number of nitrogens with zero attached hydrogens (tertiary/aromatic N) is 2. The van der Waals surface area contributed by atoms with Crippen LogP contribution in [0.1, 0.15) is 26.3 Å². The van der Waals surface area contributed by atoms with Crippen molar-refractivity contribution < 1.29 is 31.9 Å². The van der Waals surface area contributed by atoms with E-state index in [9.17, 15) is 22.4 Å². The maximum absolute atomic E-state index is 14.6. The standard InChI is InChI=1S/C29H32FN3O6S/c1-20(2)31-29(35)21(3)32(18-22-9-7-8-12-25(22)30)28(34)19-33(40(36,37)24-10-5-4-6-11-24)23-13-14-26-27(17-23)39-16-15-38-26/h4-14,17,20-21H,15-16,18-19H2,1-3H3,(H,31,35)/t21-/m0/s1. The number of ether oxygens (including phenoxy) is 2. The number of halogens is 1. The van der Waals surface area contributed by atoms with Gasteiger partial charge in [-0.05, 0) is 51.1 Å². The number of fused-ring (bicyclic) bond motifs is 1. The van der Waals surface area contributed by atoms with E-state index in [1.807, 2.05) is 0 Å². The summed E-state index contributed by atoms with van der Waals surface area (Å²) in [7, 11) is -4.24. The third-order valence-corrected chi connectivity index (χ3v) is 8.11. The minimum atomic E-state index is -4.24. The molecule has 0 radical (unpaired) electrons. The van der Waals surface area contributed by atoms with E-state index in [2.05, 4.69) is 5.32 Å². The van der Waals surface area contributed by atoms with E-state index in [4.69, 9.17) is 9.47 Å². The highest BCUT2D eigenvalue weighted by molar-refractivity contribution is 7.92. The van der Waals surface area contributed by atoms with Crippen molar-refractivity contribution in [3.05, 3.63) is 84.2 Å². The molecule has 11 heteroatoms. The summed E-state index contributed by atoms with van der Waals surface area (Å²) >= 11 is 0. The first kappa shape index (κ1) is 28.9. The molecule has 2 amide bonds. The number of carbonyl (C=O) groups excluding carboxylic acids is 2. The van der Waals surface area contributed by atoms with Gasteiger partial charge in [0, 0.05) is 24.2 Å². The fraction of sp³-hybridized carbons (Fsp3) is 0.310. The monoisotopic (exact) mass is 569 g/mol. The van der Waals surface area contributed by atoms with Crippen LogP contribution in [0, 0.1) is 5.82 Å². The Morgan fingerprint density at radius 3 is 2.25 bits per heavy atom. The molecule has 0 saturated heterocycles. The Morgan fingerprint density at radius 2 is 1.57 bits per heavy atom. The Balaban J connectivity index is 1.74. The average molecular weight is 570 g/mol. The molecule has 0 aromatic heterocycles. The molecule has 212 valence electrons. The molecule has 1 heterocycles. The fourth-order valence-corrected chi connectivity index (χ4v) is 5.66. The van der Waals surface area contributed by atoms with Crippen molar-refractivity contribution in [1.82, 2.24) is 10.2 Å². The van der Waals surface area contributed by atoms with Gasteiger partial charge in [0.25, 0.3) is 10.0 Å². The van der Waals surface area contributed by atoms with Crippen LogP contribution in [0.15, 0.2) is 77.7 Å². The van der Waals surface area contributed by atoms with Crippen LogP contribution in [0.3, 0.4) is 0 Å². The van der Waals surface area contributed by atoms with Gasteiger partial charge in [0.05, 0.1) is 10.6 Å². The van der Waals surface area contributed by atoms with Gasteiger partial charge in [-0.3, -0.25) is 13.9 Å². The Labute approximate surface area is 233 Å². The number of anilines is 1. The second-order valence-corrected chi connectivity index (χ2v) is 11.5. The molecule has 3 aromatic rings. The van der Waals surface area contributed by atoms with Gasteiger partial charge in [-0.15, -0.1) is 0 Å². The van der Waals surface area contributed by atoms with E-state index in [1.165, 1.54) is 54.3 Å². The molecule has 4 rings (SSSR count). The zero-order valence-electron chi connectivity index (χ0n) is 22.5. The van der Waals surface area contributed by atoms with Crippen molar-refractivity contribution in [3.63, 3.8) is 0 Å². The second kappa shape index (κ2) is 12.4. The number of sulfonamides is 1. The Hall–Kier alpha value is -4.12. The van der Waals surface area contributed by atoms with Crippen LogP contribution in [0.25, 0.3) is 0 Å². The quantitative estimate of drug-likeness (QED) is 0.399. The van der Waals surface area contributed by atoms with Crippen molar-refractivity contribution in [2.45, 2.75) is 44.3 Å². The third-order valence-electron chi connectivity index (χ3n) is 6.32. The zero-order chi connectivity index (χ0) is 28.9. The molecule has 0 saturated carbocycles. The summed E-state index contributed by atoms with van der Waals surface area (Å²) in [5, 5.41) is 2.76. The number of carbonyl (C=O) groups is 2. The molecular weight excluding hydrogens is 537 g/mol. The van der Waals surface area contributed by atoms with E-state index in [1.54, 1.807) is 44.2 Å². The molecule has 0 fully saturated rings. The summed E-state index contributed by atoms with van der Waals surface area (Å²) in [5.74, 6) is -0.881. The summed E-state index contributed by atoms with van der Waals surface area (Å²) in [6.45, 7) is 4.85. The first-order chi connectivity index (χ1) is 19.1. The van der Waals surface area contributed by atoms with Crippen molar-refractivity contribution in [2.75, 3.05) is 24.1 Å². The van der Waals surface area contributed by atoms with Crippen LogP contribution in [-0.4, -0.2) is 57.0 Å². The highest BCUT2D eigenvalue weighted by Crippen LogP contribution is 2.36. The van der Waals surface area contributed by atoms with Gasteiger partial charge in [0.1, 0.15) is 31.6 Å². The van der Waals surface area contributed by atoms with Crippen LogP contribution in [0.5, 0.6) is 11.5 Å². The molecule has 0 aliphatic carbocycles. The van der Waals surface area contributed by atoms with Crippen LogP contribution in [-0.2, 0) is 26.2 Å². The molecule has 1 aliphatic heterocycles. The molecule has 1 aliphatic rings. The number of rotatable bonds is 10. The zero-order valence-corrected chi connectivity index (χ0v) is 23.4. The first-order valence-electron chi connectivity index (χ1n) is 12.9. The number of benzene rings is 3. The smallest absolute Gasteiger partial charge is 0.264 e. The normalized spacial score (nSPS) is 13.4. The summed E-state index contributed by atoms with van der Waals surface area (Å²) in [5.41, 5.74) is 0.364. The molecule has 3 aromatic carbocycles. The van der Waals surface area contributed by atoms with E-state index >= 15 is 0 Å². The first-order valence-corrected chi connectivity index (χ1v) is 14.3. The summed E-state index contributed by atoms with van der Waals surface area (Å²) < 4.78 is 54.5. The van der Waals surface area contributed by atoms with Crippen LogP contribution < -0.4 is 19.1 Å². The van der Waals surface area contributed by atoms with Crippen molar-refractivity contribution in [1.29, 1.82) is 0 Å². The highest BCUT2D eigenvalue weighted by Gasteiger charge is 2.33. The largest absolute Gasteiger partial charge is 0.486 e. The van der Waals surface area contributed by atoms with Crippen LogP contribution in [0.2, 0.25) is 0 Å². The van der Waals surface area contributed by atoms with Crippen molar-refractivity contribution in [2.24, 2.45) is 0 Å². The van der Waals surface area contributed by atoms with E-state index in [-0.39, 0.29) is 28.7 Å². The molecule has 0 unspecified atom stereocenters. The number of nitrogens with one attached hydrogen (secondary N) is 1. The van der Waals surface area contributed by atoms with E-state index in [0.717, 1.165) is 4.31 Å². The summed E-state index contributed by atoms with van der Waals surface area (Å²) in [4.78, 5) is 28.0. The van der Waals surface area contributed by atoms with Crippen molar-refractivity contribution >= 4 is 27.5 Å². The lowest BCUT2D eigenvalue weighted by molar-refractivity contribution is -0.139. The molecule has 1 atom stereocenters. The predicted octanol–water partition coefficient (Wildman–Crippen LogP) is 3.73. The fourth-order valence-electron chi connectivity index (χ4n) is 4.23. The van der Waals surface area contributed by atoms with Gasteiger partial charge >= 0.3 is 0 Å². The minimum Gasteiger partial charge on any atom is -0.486 e. The average Bonchev–Trinajstić information content (AvgIpc) is 2.94. The Bertz CT molecular complexity index is 1470. The van der Waals surface area contributed by atoms with E-state index in [0.29, 0.717) is 24.7 Å². The molecule has 0 bridgehead atoms. The number of hydrogen-bond acceptors (Lipinski definition) is 6. The van der Waals surface area contributed by atoms with Gasteiger partial charge in [-0.2, -0.15) is 0 Å². The lowest BCUT2D eigenvalue weighted by atomic mass is 10.1. The molecular formula is C29H32FN3O6S. The lowest BCUT2D eigenvalue weighted by Gasteiger charge is -2.32. The third kappa shape index (κ3) is 6.53. The summed E-state index contributed by atoms with van der Waals surface area (Å²) in [6, 6.07) is 17.0. The van der Waals surface area contributed by atoms with Crippen LogP contribution >= 0.6 is 0 Å². The van der Waals surface area contributed by atoms with Crippen molar-refractivity contribution in [3.8, 4) is 11.5 Å². The molecule has 0 spiro atoms. The molecule has 9 nitrogen and oxygen atoms in total. The van der Waals surface area contributed by atoms with Gasteiger partial charge in [-0.25, -0.2) is 12.8 Å². The maximum atomic E-state index is 14.6. The molecule has 1 N–H and O–H groups in total. The minimum absolute atomic E-state index is 0.0241. The Morgan fingerprint density at radius 1 is 0.925 bits per heavy atom. The summed E-state index contributed by atoms with van der Waals surface area (Å²) in [6.07, 6.45) is 0. The predicted molar refractivity (Wildman–Crippen MR) is 148 cm³/mol. The highest BCUT2D eigenvalue weighted by atomic mass is 32.2. The van der Waals surface area contributed by atoms with E-state index < -0.39 is 40.2 Å².